The molecule has 0 radical (unpaired) electrons. The number of benzene rings is 1. The van der Waals surface area contributed by atoms with Crippen molar-refractivity contribution in [2.45, 2.75) is 25.1 Å². The molecule has 0 bridgehead atoms. The van der Waals surface area contributed by atoms with E-state index in [2.05, 4.69) is 5.32 Å². The second-order valence-corrected chi connectivity index (χ2v) is 5.14. The van der Waals surface area contributed by atoms with Crippen LogP contribution in [-0.2, 0) is 6.18 Å². The Morgan fingerprint density at radius 2 is 2.11 bits per heavy atom. The summed E-state index contributed by atoms with van der Waals surface area (Å²) in [6, 6.07) is 4.43. The Labute approximate surface area is 115 Å². The first-order valence-electron chi connectivity index (χ1n) is 6.21. The van der Waals surface area contributed by atoms with Crippen molar-refractivity contribution in [2.75, 3.05) is 25.0 Å². The van der Waals surface area contributed by atoms with Gasteiger partial charge in [0.15, 0.2) is 0 Å². The van der Waals surface area contributed by atoms with Crippen molar-refractivity contribution in [3.8, 4) is 0 Å². The lowest BCUT2D eigenvalue weighted by Gasteiger charge is -2.34. The third-order valence-electron chi connectivity index (χ3n) is 3.45. The average Bonchev–Trinajstić information content (AvgIpc) is 2.38. The van der Waals surface area contributed by atoms with E-state index >= 15 is 0 Å². The standard InChI is InChI=1S/C13H16ClF3N2/c1-18-9-3-2-6-19(8-9)10-4-5-12(14)11(7-10)13(15,16)17/h4-5,7,9,18H,2-3,6,8H2,1H3. The van der Waals surface area contributed by atoms with E-state index in [1.807, 2.05) is 11.9 Å². The van der Waals surface area contributed by atoms with Crippen LogP contribution in [-0.4, -0.2) is 26.2 Å². The van der Waals surface area contributed by atoms with Gasteiger partial charge in [-0.3, -0.25) is 0 Å². The van der Waals surface area contributed by atoms with Gasteiger partial charge in [0.05, 0.1) is 10.6 Å². The summed E-state index contributed by atoms with van der Waals surface area (Å²) < 4.78 is 38.5. The molecule has 0 spiro atoms. The zero-order valence-electron chi connectivity index (χ0n) is 10.6. The van der Waals surface area contributed by atoms with Crippen LogP contribution in [0.5, 0.6) is 0 Å². The van der Waals surface area contributed by atoms with Crippen LogP contribution < -0.4 is 10.2 Å². The molecule has 2 nitrogen and oxygen atoms in total. The predicted octanol–water partition coefficient (Wildman–Crippen LogP) is 3.55. The van der Waals surface area contributed by atoms with Crippen molar-refractivity contribution < 1.29 is 13.2 Å². The van der Waals surface area contributed by atoms with Crippen molar-refractivity contribution in [1.29, 1.82) is 0 Å². The smallest absolute Gasteiger partial charge is 0.370 e. The van der Waals surface area contributed by atoms with Crippen LogP contribution in [0.4, 0.5) is 18.9 Å². The fourth-order valence-corrected chi connectivity index (χ4v) is 2.60. The highest BCUT2D eigenvalue weighted by atomic mass is 35.5. The van der Waals surface area contributed by atoms with Crippen molar-refractivity contribution in [1.82, 2.24) is 5.32 Å². The molecule has 0 amide bonds. The summed E-state index contributed by atoms with van der Waals surface area (Å²) in [6.45, 7) is 1.49. The number of rotatable bonds is 2. The minimum atomic E-state index is -4.41. The molecule has 1 atom stereocenters. The van der Waals surface area contributed by atoms with Gasteiger partial charge >= 0.3 is 6.18 Å². The van der Waals surface area contributed by atoms with Gasteiger partial charge in [0.25, 0.3) is 0 Å². The van der Waals surface area contributed by atoms with Crippen LogP contribution in [0, 0.1) is 0 Å². The minimum absolute atomic E-state index is 0.251. The van der Waals surface area contributed by atoms with Crippen molar-refractivity contribution in [3.63, 3.8) is 0 Å². The summed E-state index contributed by atoms with van der Waals surface area (Å²) in [5.41, 5.74) is -0.185. The number of piperidine rings is 1. The summed E-state index contributed by atoms with van der Waals surface area (Å²) in [5, 5.41) is 2.92. The van der Waals surface area contributed by atoms with E-state index in [0.717, 1.165) is 32.0 Å². The maximum Gasteiger partial charge on any atom is 0.417 e. The lowest BCUT2D eigenvalue weighted by molar-refractivity contribution is -0.137. The molecule has 1 saturated heterocycles. The highest BCUT2D eigenvalue weighted by molar-refractivity contribution is 6.31. The van der Waals surface area contributed by atoms with Gasteiger partial charge in [0.1, 0.15) is 0 Å². The molecule has 1 aromatic carbocycles. The Kier molecular flexibility index (Phi) is 4.26. The number of likely N-dealkylation sites (N-methyl/N-ethyl adjacent to an activating group) is 1. The Hall–Kier alpha value is -0.940. The van der Waals surface area contributed by atoms with Crippen LogP contribution in [0.2, 0.25) is 5.02 Å². The quantitative estimate of drug-likeness (QED) is 0.897. The molecule has 0 aromatic heterocycles. The Balaban J connectivity index is 2.25. The van der Waals surface area contributed by atoms with E-state index in [9.17, 15) is 13.2 Å². The molecular weight excluding hydrogens is 277 g/mol. The van der Waals surface area contributed by atoms with Crippen molar-refractivity contribution in [3.05, 3.63) is 28.8 Å². The average molecular weight is 293 g/mol. The summed E-state index contributed by atoms with van der Waals surface area (Å²) in [5.74, 6) is 0. The number of nitrogens with zero attached hydrogens (tertiary/aromatic N) is 1. The molecule has 2 rings (SSSR count). The number of hydrogen-bond acceptors (Lipinski definition) is 2. The van der Waals surface area contributed by atoms with Gasteiger partial charge in [-0.2, -0.15) is 13.2 Å². The Morgan fingerprint density at radius 1 is 1.37 bits per heavy atom. The van der Waals surface area contributed by atoms with E-state index in [1.165, 1.54) is 6.07 Å². The number of anilines is 1. The topological polar surface area (TPSA) is 15.3 Å². The Bertz CT molecular complexity index is 448. The Morgan fingerprint density at radius 3 is 2.74 bits per heavy atom. The summed E-state index contributed by atoms with van der Waals surface area (Å²) in [7, 11) is 1.87. The van der Waals surface area contributed by atoms with Gasteiger partial charge in [-0.25, -0.2) is 0 Å². The van der Waals surface area contributed by atoms with Crippen LogP contribution in [0.15, 0.2) is 18.2 Å². The van der Waals surface area contributed by atoms with E-state index < -0.39 is 11.7 Å². The summed E-state index contributed by atoms with van der Waals surface area (Å²) >= 11 is 5.62. The van der Waals surface area contributed by atoms with Crippen LogP contribution in [0.25, 0.3) is 0 Å². The second kappa shape index (κ2) is 5.59. The molecular formula is C13H16ClF3N2. The molecule has 1 aromatic rings. The van der Waals surface area contributed by atoms with Crippen molar-refractivity contribution >= 4 is 17.3 Å². The lowest BCUT2D eigenvalue weighted by atomic mass is 10.0. The molecule has 6 heteroatoms. The molecule has 1 aliphatic rings. The largest absolute Gasteiger partial charge is 0.417 e. The van der Waals surface area contributed by atoms with Gasteiger partial charge in [0, 0.05) is 24.8 Å². The molecule has 0 saturated carbocycles. The van der Waals surface area contributed by atoms with Gasteiger partial charge in [0.2, 0.25) is 0 Å². The zero-order valence-corrected chi connectivity index (χ0v) is 11.4. The van der Waals surface area contributed by atoms with E-state index in [4.69, 9.17) is 11.6 Å². The normalized spacial score (nSPS) is 20.7. The first-order valence-corrected chi connectivity index (χ1v) is 6.58. The van der Waals surface area contributed by atoms with Crippen LogP contribution >= 0.6 is 11.6 Å². The van der Waals surface area contributed by atoms with Crippen LogP contribution in [0.1, 0.15) is 18.4 Å². The number of nitrogens with one attached hydrogen (secondary N) is 1. The van der Waals surface area contributed by atoms with Crippen LogP contribution in [0.3, 0.4) is 0 Å². The summed E-state index contributed by atoms with van der Waals surface area (Å²) in [6.07, 6.45) is -2.40. The molecule has 1 unspecified atom stereocenters. The molecule has 1 fully saturated rings. The SMILES string of the molecule is CNC1CCCN(c2ccc(Cl)c(C(F)(F)F)c2)C1. The fraction of sp³-hybridized carbons (Fsp3) is 0.538. The molecule has 0 aliphatic carbocycles. The van der Waals surface area contributed by atoms with Crippen molar-refractivity contribution in [2.24, 2.45) is 0 Å². The predicted molar refractivity (Wildman–Crippen MR) is 70.7 cm³/mol. The fourth-order valence-electron chi connectivity index (χ4n) is 2.37. The zero-order chi connectivity index (χ0) is 14.0. The number of alkyl halides is 3. The summed E-state index contributed by atoms with van der Waals surface area (Å²) in [4.78, 5) is 1.97. The minimum Gasteiger partial charge on any atom is -0.370 e. The second-order valence-electron chi connectivity index (χ2n) is 4.74. The third-order valence-corrected chi connectivity index (χ3v) is 3.78. The van der Waals surface area contributed by atoms with Gasteiger partial charge < -0.3 is 10.2 Å². The molecule has 19 heavy (non-hydrogen) atoms. The number of hydrogen-bond donors (Lipinski definition) is 1. The molecule has 1 aliphatic heterocycles. The van der Waals surface area contributed by atoms with E-state index in [0.29, 0.717) is 11.7 Å². The van der Waals surface area contributed by atoms with Gasteiger partial charge in [-0.1, -0.05) is 11.6 Å². The van der Waals surface area contributed by atoms with Gasteiger partial charge in [-0.05, 0) is 38.1 Å². The monoisotopic (exact) mass is 292 g/mol. The third kappa shape index (κ3) is 3.34. The molecule has 106 valence electrons. The highest BCUT2D eigenvalue weighted by Crippen LogP contribution is 2.37. The van der Waals surface area contributed by atoms with E-state index in [1.54, 1.807) is 6.07 Å². The van der Waals surface area contributed by atoms with Gasteiger partial charge in [-0.15, -0.1) is 0 Å². The maximum atomic E-state index is 12.8. The lowest BCUT2D eigenvalue weighted by Crippen LogP contribution is -2.44. The maximum absolute atomic E-state index is 12.8. The van der Waals surface area contributed by atoms with E-state index in [-0.39, 0.29) is 5.02 Å². The number of halogens is 4. The first kappa shape index (κ1) is 14.5. The molecule has 1 N–H and O–H groups in total. The first-order chi connectivity index (χ1) is 8.91. The molecule has 1 heterocycles. The highest BCUT2D eigenvalue weighted by Gasteiger charge is 2.34.